The first-order valence-corrected chi connectivity index (χ1v) is 4.92. The van der Waals surface area contributed by atoms with Gasteiger partial charge in [0.2, 0.25) is 0 Å². The lowest BCUT2D eigenvalue weighted by atomic mass is 10.1. The highest BCUT2D eigenvalue weighted by atomic mass is 19.1. The number of hydrogen-bond acceptors (Lipinski definition) is 0. The third-order valence-electron chi connectivity index (χ3n) is 2.08. The summed E-state index contributed by atoms with van der Waals surface area (Å²) in [6, 6.07) is 3.53. The molecule has 0 unspecified atom stereocenters. The van der Waals surface area contributed by atoms with Crippen LogP contribution in [0.2, 0.25) is 0 Å². The number of nitrogens with one attached hydrogen (secondary N) is 1. The Labute approximate surface area is 84.0 Å². The van der Waals surface area contributed by atoms with Gasteiger partial charge in [-0.1, -0.05) is 13.8 Å². The van der Waals surface area contributed by atoms with Gasteiger partial charge >= 0.3 is 0 Å². The van der Waals surface area contributed by atoms with Crippen molar-refractivity contribution < 1.29 is 4.39 Å². The van der Waals surface area contributed by atoms with E-state index < -0.39 is 0 Å². The van der Waals surface area contributed by atoms with E-state index in [4.69, 9.17) is 0 Å². The second-order valence-corrected chi connectivity index (χ2v) is 3.12. The Morgan fingerprint density at radius 3 is 2.43 bits per heavy atom. The maximum absolute atomic E-state index is 13.3. The number of halogens is 1. The zero-order chi connectivity index (χ0) is 10.7. The summed E-state index contributed by atoms with van der Waals surface area (Å²) in [5.74, 6) is -0.135. The van der Waals surface area contributed by atoms with E-state index in [-0.39, 0.29) is 5.82 Å². The minimum Gasteiger partial charge on any atom is -0.364 e. The van der Waals surface area contributed by atoms with Crippen LogP contribution in [0.4, 0.5) is 4.39 Å². The molecule has 0 aliphatic carbocycles. The van der Waals surface area contributed by atoms with Crippen LogP contribution in [-0.2, 0) is 0 Å². The van der Waals surface area contributed by atoms with Crippen molar-refractivity contribution in [1.82, 2.24) is 4.98 Å². The summed E-state index contributed by atoms with van der Waals surface area (Å²) in [4.78, 5) is 3.00. The first kappa shape index (κ1) is 10.8. The molecule has 2 aromatic rings. The minimum atomic E-state index is -0.135. The molecule has 0 aliphatic rings. The predicted octanol–water partition coefficient (Wildman–Crippen LogP) is 3.95. The Bertz CT molecular complexity index is 429. The molecular formula is C12H16FN. The summed E-state index contributed by atoms with van der Waals surface area (Å²) in [5.41, 5.74) is 1.85. The summed E-state index contributed by atoms with van der Waals surface area (Å²) < 4.78 is 13.3. The molecule has 0 atom stereocenters. The van der Waals surface area contributed by atoms with Gasteiger partial charge in [0.1, 0.15) is 5.82 Å². The second-order valence-electron chi connectivity index (χ2n) is 3.12. The lowest BCUT2D eigenvalue weighted by molar-refractivity contribution is 0.638. The quantitative estimate of drug-likeness (QED) is 0.652. The molecule has 76 valence electrons. The Morgan fingerprint density at radius 2 is 1.79 bits per heavy atom. The van der Waals surface area contributed by atoms with Gasteiger partial charge in [-0.25, -0.2) is 4.39 Å². The number of rotatable bonds is 0. The van der Waals surface area contributed by atoms with Crippen molar-refractivity contribution in [3.8, 4) is 0 Å². The molecule has 2 rings (SSSR count). The maximum Gasteiger partial charge on any atom is 0.133 e. The van der Waals surface area contributed by atoms with Crippen LogP contribution in [0.25, 0.3) is 10.8 Å². The fourth-order valence-electron chi connectivity index (χ4n) is 1.54. The molecule has 0 fully saturated rings. The molecule has 0 saturated heterocycles. The molecule has 1 N–H and O–H groups in total. The maximum atomic E-state index is 13.3. The van der Waals surface area contributed by atoms with Crippen molar-refractivity contribution in [3.63, 3.8) is 0 Å². The summed E-state index contributed by atoms with van der Waals surface area (Å²) in [6.45, 7) is 7.77. The average molecular weight is 193 g/mol. The van der Waals surface area contributed by atoms with Crippen molar-refractivity contribution in [2.75, 3.05) is 0 Å². The van der Waals surface area contributed by atoms with Gasteiger partial charge in [-0.2, -0.15) is 0 Å². The van der Waals surface area contributed by atoms with Crippen molar-refractivity contribution in [2.24, 2.45) is 0 Å². The molecule has 1 nitrogen and oxygen atoms in total. The number of fused-ring (bicyclic) bond motifs is 1. The zero-order valence-corrected chi connectivity index (χ0v) is 9.11. The number of H-pyrrole nitrogens is 1. The van der Waals surface area contributed by atoms with E-state index >= 15 is 0 Å². The summed E-state index contributed by atoms with van der Waals surface area (Å²) in [6.07, 6.45) is 1.83. The molecule has 0 radical (unpaired) electrons. The highest BCUT2D eigenvalue weighted by molar-refractivity contribution is 5.86. The van der Waals surface area contributed by atoms with E-state index in [9.17, 15) is 4.39 Å². The van der Waals surface area contributed by atoms with Crippen molar-refractivity contribution in [2.45, 2.75) is 27.7 Å². The number of aromatic amines is 1. The molecular weight excluding hydrogens is 177 g/mol. The fourth-order valence-corrected chi connectivity index (χ4v) is 1.54. The van der Waals surface area contributed by atoms with E-state index in [0.29, 0.717) is 5.39 Å². The topological polar surface area (TPSA) is 15.8 Å². The third kappa shape index (κ3) is 1.79. The first-order chi connectivity index (χ1) is 6.68. The Balaban J connectivity index is 0.000000461. The average Bonchev–Trinajstić information content (AvgIpc) is 2.51. The van der Waals surface area contributed by atoms with Crippen molar-refractivity contribution in [1.29, 1.82) is 0 Å². The van der Waals surface area contributed by atoms with Gasteiger partial charge in [-0.3, -0.25) is 0 Å². The standard InChI is InChI=1S/C10H10FN.C2H6/c1-6-3-8-5-12-7(2)10(8)9(11)4-6;1-2/h3-5,12H,1-2H3;1-2H3. The lowest BCUT2D eigenvalue weighted by Gasteiger charge is -1.96. The van der Waals surface area contributed by atoms with E-state index in [2.05, 4.69) is 4.98 Å². The normalized spacial score (nSPS) is 9.79. The molecule has 1 aromatic heterocycles. The van der Waals surface area contributed by atoms with Crippen LogP contribution in [0.15, 0.2) is 18.3 Å². The first-order valence-electron chi connectivity index (χ1n) is 4.92. The summed E-state index contributed by atoms with van der Waals surface area (Å²) in [5, 5.41) is 1.66. The van der Waals surface area contributed by atoms with Crippen LogP contribution < -0.4 is 0 Å². The molecule has 0 saturated carbocycles. The highest BCUT2D eigenvalue weighted by Gasteiger charge is 2.05. The second kappa shape index (κ2) is 4.27. The zero-order valence-electron chi connectivity index (χ0n) is 9.11. The Kier molecular flexibility index (Phi) is 3.28. The van der Waals surface area contributed by atoms with Crippen LogP contribution in [0.1, 0.15) is 25.1 Å². The van der Waals surface area contributed by atoms with Gasteiger partial charge in [-0.15, -0.1) is 0 Å². The molecule has 0 spiro atoms. The van der Waals surface area contributed by atoms with E-state index in [1.807, 2.05) is 40.0 Å². The van der Waals surface area contributed by atoms with Gasteiger partial charge in [0.05, 0.1) is 0 Å². The fraction of sp³-hybridized carbons (Fsp3) is 0.333. The van der Waals surface area contributed by atoms with E-state index in [1.165, 1.54) is 0 Å². The van der Waals surface area contributed by atoms with Gasteiger partial charge in [0, 0.05) is 22.7 Å². The molecule has 14 heavy (non-hydrogen) atoms. The Hall–Kier alpha value is -1.31. The minimum absolute atomic E-state index is 0.135. The van der Waals surface area contributed by atoms with Crippen LogP contribution in [-0.4, -0.2) is 4.98 Å². The van der Waals surface area contributed by atoms with Gasteiger partial charge < -0.3 is 4.98 Å². The molecule has 0 aliphatic heterocycles. The molecule has 2 heteroatoms. The molecule has 1 heterocycles. The van der Waals surface area contributed by atoms with Crippen molar-refractivity contribution >= 4 is 10.8 Å². The largest absolute Gasteiger partial charge is 0.364 e. The predicted molar refractivity (Wildman–Crippen MR) is 59.1 cm³/mol. The number of aryl methyl sites for hydroxylation is 2. The monoisotopic (exact) mass is 193 g/mol. The van der Waals surface area contributed by atoms with Crippen LogP contribution in [0, 0.1) is 19.7 Å². The van der Waals surface area contributed by atoms with Gasteiger partial charge in [-0.05, 0) is 31.5 Å². The van der Waals surface area contributed by atoms with Crippen LogP contribution in [0.5, 0.6) is 0 Å². The lowest BCUT2D eigenvalue weighted by Crippen LogP contribution is -1.80. The van der Waals surface area contributed by atoms with Crippen molar-refractivity contribution in [3.05, 3.63) is 35.4 Å². The van der Waals surface area contributed by atoms with Crippen LogP contribution in [0.3, 0.4) is 0 Å². The molecule has 0 bridgehead atoms. The summed E-state index contributed by atoms with van der Waals surface area (Å²) in [7, 11) is 0. The number of benzene rings is 1. The Morgan fingerprint density at radius 1 is 1.14 bits per heavy atom. The SMILES string of the molecule is CC.Cc1cc(F)c2c(C)[nH]cc2c1. The van der Waals surface area contributed by atoms with Crippen LogP contribution >= 0.6 is 0 Å². The van der Waals surface area contributed by atoms with E-state index in [0.717, 1.165) is 16.6 Å². The number of hydrogen-bond donors (Lipinski definition) is 1. The van der Waals surface area contributed by atoms with Gasteiger partial charge in [0.15, 0.2) is 0 Å². The van der Waals surface area contributed by atoms with E-state index in [1.54, 1.807) is 6.07 Å². The highest BCUT2D eigenvalue weighted by Crippen LogP contribution is 2.22. The summed E-state index contributed by atoms with van der Waals surface area (Å²) >= 11 is 0. The molecule has 1 aromatic carbocycles. The van der Waals surface area contributed by atoms with Gasteiger partial charge in [0.25, 0.3) is 0 Å². The molecule has 0 amide bonds. The third-order valence-corrected chi connectivity index (χ3v) is 2.08. The number of aromatic nitrogens is 1. The smallest absolute Gasteiger partial charge is 0.133 e.